The first-order chi connectivity index (χ1) is 15.2. The fraction of sp³-hybridized carbons (Fsp3) is 0.364. The molecule has 9 nitrogen and oxygen atoms in total. The number of nitrogens with one attached hydrogen (secondary N) is 1. The lowest BCUT2D eigenvalue weighted by Gasteiger charge is -2.30. The van der Waals surface area contributed by atoms with Gasteiger partial charge in [0.15, 0.2) is 11.5 Å². The van der Waals surface area contributed by atoms with Crippen LogP contribution in [0.2, 0.25) is 0 Å². The average molecular weight is 463 g/mol. The summed E-state index contributed by atoms with van der Waals surface area (Å²) in [7, 11) is 0.729. The molecule has 32 heavy (non-hydrogen) atoms. The van der Waals surface area contributed by atoms with Gasteiger partial charge in [0.25, 0.3) is 5.91 Å². The third-order valence-electron chi connectivity index (χ3n) is 5.30. The number of aryl methyl sites for hydroxylation is 1. The number of esters is 1. The molecule has 0 saturated carbocycles. The maximum atomic E-state index is 13.0. The Morgan fingerprint density at radius 1 is 1.06 bits per heavy atom. The van der Waals surface area contributed by atoms with Crippen LogP contribution in [0.25, 0.3) is 0 Å². The molecule has 0 atom stereocenters. The molecule has 1 aliphatic heterocycles. The van der Waals surface area contributed by atoms with E-state index in [-0.39, 0.29) is 17.0 Å². The Labute approximate surface area is 187 Å². The molecule has 0 unspecified atom stereocenters. The second-order valence-electron chi connectivity index (χ2n) is 7.12. The van der Waals surface area contributed by atoms with Crippen molar-refractivity contribution < 1.29 is 32.2 Å². The van der Waals surface area contributed by atoms with Gasteiger partial charge in [0, 0.05) is 24.2 Å². The van der Waals surface area contributed by atoms with Crippen molar-refractivity contribution in [1.82, 2.24) is 0 Å². The van der Waals surface area contributed by atoms with E-state index in [1.807, 2.05) is 0 Å². The van der Waals surface area contributed by atoms with Crippen molar-refractivity contribution in [1.29, 1.82) is 0 Å². The highest BCUT2D eigenvalue weighted by Gasteiger charge is 2.27. The number of anilines is 2. The minimum Gasteiger partial charge on any atom is -0.493 e. The molecule has 0 saturated heterocycles. The molecular weight excluding hydrogens is 436 g/mol. The van der Waals surface area contributed by atoms with Crippen LogP contribution in [0, 0.1) is 0 Å². The average Bonchev–Trinajstić information content (AvgIpc) is 2.82. The third-order valence-corrected chi connectivity index (χ3v) is 7.08. The summed E-state index contributed by atoms with van der Waals surface area (Å²) in [5.74, 6) is -0.449. The minimum absolute atomic E-state index is 0.00425. The summed E-state index contributed by atoms with van der Waals surface area (Å²) in [4.78, 5) is 25.2. The Balaban J connectivity index is 1.95. The normalized spacial score (nSPS) is 13.2. The molecule has 1 heterocycles. The molecule has 10 heteroatoms. The van der Waals surface area contributed by atoms with E-state index in [1.54, 1.807) is 25.1 Å². The van der Waals surface area contributed by atoms with Crippen LogP contribution in [0.1, 0.15) is 39.6 Å². The zero-order valence-electron chi connectivity index (χ0n) is 18.4. The van der Waals surface area contributed by atoms with E-state index >= 15 is 0 Å². The number of carbonyl (C=O) groups excluding carboxylic acids is 2. The Bertz CT molecular complexity index is 1150. The molecular formula is C22H26N2O7S. The first-order valence-electron chi connectivity index (χ1n) is 10.0. The van der Waals surface area contributed by atoms with Gasteiger partial charge in [-0.25, -0.2) is 13.2 Å². The zero-order chi connectivity index (χ0) is 23.5. The SMILES string of the molecule is CCS(=O)(=O)N1CCCc2cc(C(=O)Nc3cc(OC)c(OC)cc3C(=O)OC)ccc21. The van der Waals surface area contributed by atoms with Crippen LogP contribution >= 0.6 is 0 Å². The van der Waals surface area contributed by atoms with E-state index < -0.39 is 21.9 Å². The molecule has 2 aromatic carbocycles. The lowest BCUT2D eigenvalue weighted by molar-refractivity contribution is 0.0601. The van der Waals surface area contributed by atoms with Gasteiger partial charge in [-0.15, -0.1) is 0 Å². The number of rotatable bonds is 7. The van der Waals surface area contributed by atoms with Crippen molar-refractivity contribution >= 4 is 33.3 Å². The number of benzene rings is 2. The second-order valence-corrected chi connectivity index (χ2v) is 9.30. The Morgan fingerprint density at radius 2 is 1.75 bits per heavy atom. The van der Waals surface area contributed by atoms with Gasteiger partial charge in [0.1, 0.15) is 0 Å². The zero-order valence-corrected chi connectivity index (χ0v) is 19.2. The lowest BCUT2D eigenvalue weighted by Crippen LogP contribution is -2.36. The van der Waals surface area contributed by atoms with Gasteiger partial charge in [0.05, 0.1) is 44.0 Å². The molecule has 0 aliphatic carbocycles. The number of hydrogen-bond donors (Lipinski definition) is 1. The highest BCUT2D eigenvalue weighted by molar-refractivity contribution is 7.92. The number of fused-ring (bicyclic) bond motifs is 1. The van der Waals surface area contributed by atoms with Gasteiger partial charge in [-0.2, -0.15) is 0 Å². The second kappa shape index (κ2) is 9.47. The summed E-state index contributed by atoms with van der Waals surface area (Å²) in [6.45, 7) is 2.02. The Morgan fingerprint density at radius 3 is 2.38 bits per heavy atom. The van der Waals surface area contributed by atoms with Gasteiger partial charge in [-0.1, -0.05) is 0 Å². The molecule has 1 N–H and O–H groups in total. The van der Waals surface area contributed by atoms with Crippen molar-refractivity contribution in [3.8, 4) is 11.5 Å². The van der Waals surface area contributed by atoms with Crippen molar-refractivity contribution in [2.24, 2.45) is 0 Å². The number of amides is 1. The number of methoxy groups -OCH3 is 3. The molecule has 172 valence electrons. The van der Waals surface area contributed by atoms with Crippen LogP contribution < -0.4 is 19.1 Å². The predicted molar refractivity (Wildman–Crippen MR) is 120 cm³/mol. The molecule has 0 bridgehead atoms. The topological polar surface area (TPSA) is 111 Å². The van der Waals surface area contributed by atoms with Crippen LogP contribution in [0.5, 0.6) is 11.5 Å². The van der Waals surface area contributed by atoms with Crippen molar-refractivity contribution in [2.75, 3.05) is 43.2 Å². The molecule has 1 aliphatic rings. The number of hydrogen-bond acceptors (Lipinski definition) is 7. The fourth-order valence-electron chi connectivity index (χ4n) is 3.60. The van der Waals surface area contributed by atoms with Crippen LogP contribution in [0.4, 0.5) is 11.4 Å². The fourth-order valence-corrected chi connectivity index (χ4v) is 4.80. The Hall–Kier alpha value is -3.27. The largest absolute Gasteiger partial charge is 0.493 e. The minimum atomic E-state index is -3.39. The third kappa shape index (κ3) is 4.50. The van der Waals surface area contributed by atoms with E-state index in [0.717, 1.165) is 5.56 Å². The summed E-state index contributed by atoms with van der Waals surface area (Å²) in [6.07, 6.45) is 1.33. The van der Waals surface area contributed by atoms with Crippen molar-refractivity contribution in [2.45, 2.75) is 19.8 Å². The Kier molecular flexibility index (Phi) is 6.93. The van der Waals surface area contributed by atoms with Gasteiger partial charge in [0.2, 0.25) is 10.0 Å². The molecule has 3 rings (SSSR count). The van der Waals surface area contributed by atoms with Crippen LogP contribution in [-0.4, -0.2) is 53.9 Å². The molecule has 0 fully saturated rings. The van der Waals surface area contributed by atoms with Gasteiger partial charge >= 0.3 is 5.97 Å². The predicted octanol–water partition coefficient (Wildman–Crippen LogP) is 2.85. The van der Waals surface area contributed by atoms with Crippen molar-refractivity contribution in [3.05, 3.63) is 47.0 Å². The number of nitrogens with zero attached hydrogens (tertiary/aromatic N) is 1. The maximum Gasteiger partial charge on any atom is 0.340 e. The molecule has 0 radical (unpaired) electrons. The maximum absolute atomic E-state index is 13.0. The van der Waals surface area contributed by atoms with Gasteiger partial charge in [-0.3, -0.25) is 9.10 Å². The van der Waals surface area contributed by atoms with Crippen molar-refractivity contribution in [3.63, 3.8) is 0 Å². The van der Waals surface area contributed by atoms with Gasteiger partial charge < -0.3 is 19.5 Å². The van der Waals surface area contributed by atoms with Crippen LogP contribution in [-0.2, 0) is 21.2 Å². The van der Waals surface area contributed by atoms with Gasteiger partial charge in [-0.05, 0) is 43.5 Å². The monoisotopic (exact) mass is 462 g/mol. The summed E-state index contributed by atoms with van der Waals surface area (Å²) in [5.41, 5.74) is 2.02. The number of carbonyl (C=O) groups is 2. The number of sulfonamides is 1. The van der Waals surface area contributed by atoms with E-state index in [9.17, 15) is 18.0 Å². The van der Waals surface area contributed by atoms with Crippen LogP contribution in [0.15, 0.2) is 30.3 Å². The molecule has 0 aromatic heterocycles. The molecule has 1 amide bonds. The quantitative estimate of drug-likeness (QED) is 0.630. The highest BCUT2D eigenvalue weighted by atomic mass is 32.2. The summed E-state index contributed by atoms with van der Waals surface area (Å²) in [5, 5.41) is 2.72. The first kappa shape index (κ1) is 23.4. The standard InChI is InChI=1S/C22H26N2O7S/c1-5-32(27,28)24-10-6-7-14-11-15(8-9-18(14)24)21(25)23-17-13-20(30-3)19(29-2)12-16(17)22(26)31-4/h8-9,11-13H,5-7,10H2,1-4H3,(H,23,25). The number of ether oxygens (including phenoxy) is 3. The first-order valence-corrected chi connectivity index (χ1v) is 11.7. The van der Waals surface area contributed by atoms with E-state index in [4.69, 9.17) is 14.2 Å². The summed E-state index contributed by atoms with van der Waals surface area (Å²) >= 11 is 0. The van der Waals surface area contributed by atoms with Crippen LogP contribution in [0.3, 0.4) is 0 Å². The lowest BCUT2D eigenvalue weighted by atomic mass is 10.0. The smallest absolute Gasteiger partial charge is 0.340 e. The van der Waals surface area contributed by atoms with E-state index in [2.05, 4.69) is 5.32 Å². The van der Waals surface area contributed by atoms with E-state index in [1.165, 1.54) is 37.8 Å². The molecule has 0 spiro atoms. The summed E-state index contributed by atoms with van der Waals surface area (Å²) in [6, 6.07) is 7.81. The highest BCUT2D eigenvalue weighted by Crippen LogP contribution is 2.35. The van der Waals surface area contributed by atoms with E-state index in [0.29, 0.717) is 42.1 Å². The molecule has 2 aromatic rings. The summed E-state index contributed by atoms with van der Waals surface area (Å²) < 4.78 is 41.5.